The minimum absolute atomic E-state index is 0.0221. The zero-order chi connectivity index (χ0) is 28.5. The number of alkyl halides is 6. The predicted molar refractivity (Wildman–Crippen MR) is 115 cm³/mol. The molecule has 0 heterocycles. The molecule has 0 aromatic carbocycles. The van der Waals surface area contributed by atoms with E-state index in [1.165, 1.54) is 0 Å². The summed E-state index contributed by atoms with van der Waals surface area (Å²) in [5, 5.41) is 0. The average molecular weight is 556 g/mol. The number of carbonyl (C=O) groups is 4. The second-order valence-corrected chi connectivity index (χ2v) is 11.6. The second kappa shape index (κ2) is 9.11. The van der Waals surface area contributed by atoms with Crippen LogP contribution in [-0.2, 0) is 33.4 Å². The molecule has 4 aliphatic rings. The van der Waals surface area contributed by atoms with E-state index in [2.05, 4.69) is 0 Å². The van der Waals surface area contributed by atoms with Crippen LogP contribution < -0.4 is 0 Å². The Hall–Kier alpha value is -2.34. The Morgan fingerprint density at radius 3 is 2.08 bits per heavy atom. The van der Waals surface area contributed by atoms with Gasteiger partial charge in [0.15, 0.2) is 5.60 Å². The summed E-state index contributed by atoms with van der Waals surface area (Å²) in [7, 11) is 0. The van der Waals surface area contributed by atoms with Crippen LogP contribution >= 0.6 is 0 Å². The molecule has 4 saturated carbocycles. The van der Waals surface area contributed by atoms with Crippen LogP contribution in [0.3, 0.4) is 0 Å². The largest absolute Gasteiger partial charge is 0.490 e. The highest BCUT2D eigenvalue weighted by atomic mass is 19.4. The molecule has 0 spiro atoms. The van der Waals surface area contributed by atoms with Crippen LogP contribution in [0.25, 0.3) is 0 Å². The lowest BCUT2D eigenvalue weighted by molar-refractivity contribution is -0.297. The summed E-state index contributed by atoms with van der Waals surface area (Å²) in [4.78, 5) is 48.7. The van der Waals surface area contributed by atoms with Crippen molar-refractivity contribution in [3.8, 4) is 0 Å². The standard InChI is InChI=1S/C25H30F6O7/c1-12(32)36-13-6-9-22(3)16-7-8-21(2)15(4-5-17(21)33)14(16)10-18(37-19(34)24(26,27)28)23(22,11-13)38-20(35)25(29,30)31/h13-16,18H,4-11H2,1-3H3/t13-,14-,15-,16-,18+,21-,22+,23-/m0/s1. The first kappa shape index (κ1) is 28.7. The van der Waals surface area contributed by atoms with Crippen molar-refractivity contribution < 1.29 is 59.7 Å². The van der Waals surface area contributed by atoms with Crippen LogP contribution in [0.2, 0.25) is 0 Å². The van der Waals surface area contributed by atoms with Gasteiger partial charge < -0.3 is 14.2 Å². The fourth-order valence-corrected chi connectivity index (χ4v) is 8.08. The molecule has 0 saturated heterocycles. The zero-order valence-corrected chi connectivity index (χ0v) is 21.2. The minimum Gasteiger partial charge on any atom is -0.462 e. The van der Waals surface area contributed by atoms with Gasteiger partial charge in [-0.25, -0.2) is 9.59 Å². The van der Waals surface area contributed by atoms with Crippen molar-refractivity contribution >= 4 is 23.7 Å². The summed E-state index contributed by atoms with van der Waals surface area (Å²) in [6.07, 6.45) is -13.1. The van der Waals surface area contributed by atoms with Crippen molar-refractivity contribution in [3.63, 3.8) is 0 Å². The first-order chi connectivity index (χ1) is 17.3. The number of carbonyl (C=O) groups excluding carboxylic acids is 4. The second-order valence-electron chi connectivity index (χ2n) is 11.6. The Balaban J connectivity index is 1.85. The van der Waals surface area contributed by atoms with Gasteiger partial charge in [0.1, 0.15) is 18.0 Å². The SMILES string of the molecule is CC(=O)O[C@H]1CC[C@]2(C)[C@H]3CC[C@]4(C)C(=O)CC[C@H]4[C@@H]3C[C@@H](OC(=O)C(F)(F)F)[C@@]2(OC(=O)C(F)(F)F)C1. The predicted octanol–water partition coefficient (Wildman–Crippen LogP) is 4.84. The lowest BCUT2D eigenvalue weighted by Crippen LogP contribution is -2.71. The molecule has 0 N–H and O–H groups in total. The zero-order valence-electron chi connectivity index (χ0n) is 21.2. The van der Waals surface area contributed by atoms with Crippen molar-refractivity contribution in [2.24, 2.45) is 28.6 Å². The summed E-state index contributed by atoms with van der Waals surface area (Å²) < 4.78 is 95.7. The number of rotatable bonds is 3. The van der Waals surface area contributed by atoms with Gasteiger partial charge in [-0.1, -0.05) is 13.8 Å². The number of fused-ring (bicyclic) bond motifs is 5. The van der Waals surface area contributed by atoms with Gasteiger partial charge in [0.2, 0.25) is 0 Å². The normalized spacial score (nSPS) is 40.9. The van der Waals surface area contributed by atoms with Crippen LogP contribution in [-0.4, -0.2) is 53.9 Å². The molecule has 38 heavy (non-hydrogen) atoms. The molecule has 4 rings (SSSR count). The van der Waals surface area contributed by atoms with Crippen LogP contribution in [0.15, 0.2) is 0 Å². The van der Waals surface area contributed by atoms with Crippen molar-refractivity contribution in [2.45, 2.75) is 102 Å². The maximum Gasteiger partial charge on any atom is 0.490 e. The molecule has 4 fully saturated rings. The molecular weight excluding hydrogens is 526 g/mol. The van der Waals surface area contributed by atoms with Gasteiger partial charge in [-0.05, 0) is 56.3 Å². The highest BCUT2D eigenvalue weighted by Crippen LogP contribution is 2.68. The van der Waals surface area contributed by atoms with Gasteiger partial charge in [-0.2, -0.15) is 26.3 Å². The molecule has 0 aromatic rings. The number of hydrogen-bond acceptors (Lipinski definition) is 7. The van der Waals surface area contributed by atoms with Gasteiger partial charge in [0.05, 0.1) is 0 Å². The highest BCUT2D eigenvalue weighted by Gasteiger charge is 2.72. The quantitative estimate of drug-likeness (QED) is 0.279. The third-order valence-electron chi connectivity index (χ3n) is 9.77. The van der Waals surface area contributed by atoms with E-state index in [1.54, 1.807) is 13.8 Å². The summed E-state index contributed by atoms with van der Waals surface area (Å²) >= 11 is 0. The molecule has 0 aromatic heterocycles. The van der Waals surface area contributed by atoms with Crippen LogP contribution in [0.1, 0.15) is 72.1 Å². The topological polar surface area (TPSA) is 96.0 Å². The third-order valence-corrected chi connectivity index (χ3v) is 9.77. The number of esters is 3. The first-order valence-corrected chi connectivity index (χ1v) is 12.6. The summed E-state index contributed by atoms with van der Waals surface area (Å²) in [5.41, 5.74) is -4.46. The lowest BCUT2D eigenvalue weighted by Gasteiger charge is -2.65. The maximum atomic E-state index is 13.5. The highest BCUT2D eigenvalue weighted by molar-refractivity contribution is 5.87. The van der Waals surface area contributed by atoms with E-state index >= 15 is 0 Å². The van der Waals surface area contributed by atoms with E-state index in [0.29, 0.717) is 19.3 Å². The molecule has 8 atom stereocenters. The fourth-order valence-electron chi connectivity index (χ4n) is 8.08. The summed E-state index contributed by atoms with van der Waals surface area (Å²) in [5.74, 6) is -7.18. The van der Waals surface area contributed by atoms with E-state index in [4.69, 9.17) is 14.2 Å². The molecule has 4 aliphatic carbocycles. The number of hydrogen-bond donors (Lipinski definition) is 0. The number of Topliss-reactive ketones (excluding diaryl/α,β-unsaturated/α-hetero) is 1. The maximum absolute atomic E-state index is 13.5. The molecule has 214 valence electrons. The van der Waals surface area contributed by atoms with E-state index in [1.807, 2.05) is 0 Å². The monoisotopic (exact) mass is 556 g/mol. The van der Waals surface area contributed by atoms with Crippen molar-refractivity contribution in [3.05, 3.63) is 0 Å². The van der Waals surface area contributed by atoms with Gasteiger partial charge in [-0.15, -0.1) is 0 Å². The van der Waals surface area contributed by atoms with E-state index in [0.717, 1.165) is 6.92 Å². The molecular formula is C25H30F6O7. The van der Waals surface area contributed by atoms with Crippen molar-refractivity contribution in [1.82, 2.24) is 0 Å². The Bertz CT molecular complexity index is 1020. The molecule has 0 amide bonds. The smallest absolute Gasteiger partial charge is 0.462 e. The van der Waals surface area contributed by atoms with Crippen LogP contribution in [0.4, 0.5) is 26.3 Å². The Kier molecular flexibility index (Phi) is 6.87. The van der Waals surface area contributed by atoms with Gasteiger partial charge in [0, 0.05) is 30.6 Å². The summed E-state index contributed by atoms with van der Waals surface area (Å²) in [6.45, 7) is 4.41. The minimum atomic E-state index is -5.48. The van der Waals surface area contributed by atoms with Crippen LogP contribution in [0.5, 0.6) is 0 Å². The van der Waals surface area contributed by atoms with E-state index in [9.17, 15) is 45.5 Å². The third kappa shape index (κ3) is 4.47. The average Bonchev–Trinajstić information content (AvgIpc) is 3.08. The van der Waals surface area contributed by atoms with Crippen LogP contribution in [0, 0.1) is 28.6 Å². The molecule has 0 radical (unpaired) electrons. The van der Waals surface area contributed by atoms with Gasteiger partial charge in [-0.3, -0.25) is 9.59 Å². The molecule has 7 nitrogen and oxygen atoms in total. The lowest BCUT2D eigenvalue weighted by atomic mass is 9.42. The Labute approximate surface area is 214 Å². The van der Waals surface area contributed by atoms with Crippen molar-refractivity contribution in [2.75, 3.05) is 0 Å². The number of ether oxygens (including phenoxy) is 3. The number of ketones is 1. The number of halogens is 6. The molecule has 0 bridgehead atoms. The molecule has 13 heteroatoms. The van der Waals surface area contributed by atoms with E-state index in [-0.39, 0.29) is 37.4 Å². The Morgan fingerprint density at radius 2 is 1.50 bits per heavy atom. The Morgan fingerprint density at radius 1 is 0.868 bits per heavy atom. The van der Waals surface area contributed by atoms with E-state index < -0.39 is 77.2 Å². The first-order valence-electron chi connectivity index (χ1n) is 12.6. The fraction of sp³-hybridized carbons (Fsp3) is 0.840. The molecule has 0 unspecified atom stereocenters. The van der Waals surface area contributed by atoms with Gasteiger partial charge in [0.25, 0.3) is 0 Å². The molecule has 0 aliphatic heterocycles. The van der Waals surface area contributed by atoms with Gasteiger partial charge >= 0.3 is 30.3 Å². The van der Waals surface area contributed by atoms with Crippen molar-refractivity contribution in [1.29, 1.82) is 0 Å². The summed E-state index contributed by atoms with van der Waals surface area (Å²) in [6, 6.07) is 0.